The van der Waals surface area contributed by atoms with E-state index in [9.17, 15) is 18.0 Å². The summed E-state index contributed by atoms with van der Waals surface area (Å²) in [4.78, 5) is 29.9. The van der Waals surface area contributed by atoms with Crippen LogP contribution in [0.2, 0.25) is 5.02 Å². The Balaban J connectivity index is 1.82. The largest absolute Gasteiger partial charge is 0.354 e. The summed E-state index contributed by atoms with van der Waals surface area (Å²) in [6.45, 7) is 7.61. The number of nitrogens with one attached hydrogen (secondary N) is 1. The van der Waals surface area contributed by atoms with E-state index in [0.717, 1.165) is 33.0 Å². The lowest BCUT2D eigenvalue weighted by molar-refractivity contribution is -0.140. The highest BCUT2D eigenvalue weighted by atomic mass is 35.5. The fourth-order valence-electron chi connectivity index (χ4n) is 5.18. The summed E-state index contributed by atoms with van der Waals surface area (Å²) in [5.41, 5.74) is 4.56. The molecule has 2 amide bonds. The SMILES string of the molecule is CCCNC(=O)[C@H](Cc1ccccc1)N(Cc1cccc(C)c1)C(=O)CN(c1ccc(Cl)cc1C)S(=O)(=O)c1ccc(C)cc1. The van der Waals surface area contributed by atoms with Crippen molar-refractivity contribution in [2.75, 3.05) is 17.4 Å². The third kappa shape index (κ3) is 8.74. The molecule has 0 unspecified atom stereocenters. The molecule has 236 valence electrons. The van der Waals surface area contributed by atoms with Crippen LogP contribution in [-0.4, -0.2) is 44.3 Å². The molecule has 45 heavy (non-hydrogen) atoms. The number of carbonyl (C=O) groups is 2. The first-order chi connectivity index (χ1) is 21.5. The number of amides is 2. The molecule has 1 atom stereocenters. The van der Waals surface area contributed by atoms with Gasteiger partial charge in [-0.1, -0.05) is 96.4 Å². The number of rotatable bonds is 13. The Morgan fingerprint density at radius 1 is 0.822 bits per heavy atom. The van der Waals surface area contributed by atoms with Gasteiger partial charge in [0.2, 0.25) is 11.8 Å². The molecule has 0 aliphatic heterocycles. The van der Waals surface area contributed by atoms with Crippen molar-refractivity contribution in [2.24, 2.45) is 0 Å². The van der Waals surface area contributed by atoms with Gasteiger partial charge in [-0.05, 0) is 74.2 Å². The lowest BCUT2D eigenvalue weighted by Gasteiger charge is -2.34. The van der Waals surface area contributed by atoms with Gasteiger partial charge in [0.1, 0.15) is 12.6 Å². The zero-order valence-corrected chi connectivity index (χ0v) is 27.7. The van der Waals surface area contributed by atoms with Gasteiger partial charge in [0.25, 0.3) is 10.0 Å². The van der Waals surface area contributed by atoms with Crippen LogP contribution in [0.1, 0.15) is 41.2 Å². The average molecular weight is 646 g/mol. The number of hydrogen-bond donors (Lipinski definition) is 1. The van der Waals surface area contributed by atoms with Crippen molar-refractivity contribution in [1.29, 1.82) is 0 Å². The molecule has 0 fully saturated rings. The number of aryl methyl sites for hydroxylation is 3. The van der Waals surface area contributed by atoms with Crippen LogP contribution in [0.3, 0.4) is 0 Å². The summed E-state index contributed by atoms with van der Waals surface area (Å²) in [6, 6.07) is 27.8. The van der Waals surface area contributed by atoms with Crippen LogP contribution >= 0.6 is 11.6 Å². The molecule has 0 aromatic heterocycles. The zero-order valence-electron chi connectivity index (χ0n) is 26.2. The number of carbonyl (C=O) groups excluding carboxylic acids is 2. The molecule has 0 heterocycles. The highest BCUT2D eigenvalue weighted by molar-refractivity contribution is 7.92. The number of sulfonamides is 1. The van der Waals surface area contributed by atoms with Gasteiger partial charge in [-0.3, -0.25) is 13.9 Å². The maximum absolute atomic E-state index is 14.6. The number of anilines is 1. The van der Waals surface area contributed by atoms with Gasteiger partial charge in [0.05, 0.1) is 10.6 Å². The second-order valence-electron chi connectivity index (χ2n) is 11.3. The Morgan fingerprint density at radius 3 is 2.16 bits per heavy atom. The molecule has 0 aliphatic carbocycles. The molecule has 4 rings (SSSR count). The minimum absolute atomic E-state index is 0.0574. The molecule has 0 spiro atoms. The fourth-order valence-corrected chi connectivity index (χ4v) is 6.88. The molecular formula is C36H40ClN3O4S. The van der Waals surface area contributed by atoms with Gasteiger partial charge in [0.15, 0.2) is 0 Å². The second kappa shape index (κ2) is 15.2. The quantitative estimate of drug-likeness (QED) is 0.177. The maximum atomic E-state index is 14.6. The van der Waals surface area contributed by atoms with Gasteiger partial charge >= 0.3 is 0 Å². The number of nitrogens with zero attached hydrogens (tertiary/aromatic N) is 2. The predicted octanol–water partition coefficient (Wildman–Crippen LogP) is 6.63. The monoisotopic (exact) mass is 645 g/mol. The van der Waals surface area contributed by atoms with Crippen molar-refractivity contribution in [1.82, 2.24) is 10.2 Å². The third-order valence-electron chi connectivity index (χ3n) is 7.57. The Labute approximate surface area is 271 Å². The van der Waals surface area contributed by atoms with Crippen molar-refractivity contribution in [2.45, 2.75) is 58.0 Å². The van der Waals surface area contributed by atoms with Crippen LogP contribution in [0.4, 0.5) is 5.69 Å². The molecule has 0 saturated carbocycles. The first-order valence-corrected chi connectivity index (χ1v) is 16.8. The van der Waals surface area contributed by atoms with E-state index in [1.165, 1.54) is 17.0 Å². The van der Waals surface area contributed by atoms with Crippen molar-refractivity contribution in [3.63, 3.8) is 0 Å². The Bertz CT molecular complexity index is 1730. The van der Waals surface area contributed by atoms with Crippen LogP contribution < -0.4 is 9.62 Å². The molecule has 9 heteroatoms. The summed E-state index contributed by atoms with van der Waals surface area (Å²) in [7, 11) is -4.19. The first kappa shape index (κ1) is 33.7. The lowest BCUT2D eigenvalue weighted by atomic mass is 10.0. The smallest absolute Gasteiger partial charge is 0.264 e. The van der Waals surface area contributed by atoms with Crippen LogP contribution in [0.5, 0.6) is 0 Å². The minimum atomic E-state index is -4.19. The summed E-state index contributed by atoms with van der Waals surface area (Å²) in [5.74, 6) is -0.800. The Kier molecular flexibility index (Phi) is 11.4. The van der Waals surface area contributed by atoms with Crippen molar-refractivity contribution < 1.29 is 18.0 Å². The van der Waals surface area contributed by atoms with Gasteiger partial charge in [-0.15, -0.1) is 0 Å². The molecule has 0 radical (unpaired) electrons. The predicted molar refractivity (Wildman–Crippen MR) is 181 cm³/mol. The van der Waals surface area contributed by atoms with Crippen LogP contribution in [0.25, 0.3) is 0 Å². The van der Waals surface area contributed by atoms with Gasteiger partial charge in [-0.2, -0.15) is 0 Å². The van der Waals surface area contributed by atoms with E-state index >= 15 is 0 Å². The second-order valence-corrected chi connectivity index (χ2v) is 13.6. The molecule has 0 aliphatic rings. The Hall–Kier alpha value is -4.14. The minimum Gasteiger partial charge on any atom is -0.354 e. The van der Waals surface area contributed by atoms with E-state index in [2.05, 4.69) is 5.32 Å². The molecule has 0 saturated heterocycles. The molecule has 4 aromatic rings. The lowest BCUT2D eigenvalue weighted by Crippen LogP contribution is -2.53. The third-order valence-corrected chi connectivity index (χ3v) is 9.58. The highest BCUT2D eigenvalue weighted by Gasteiger charge is 2.35. The van der Waals surface area contributed by atoms with E-state index in [-0.39, 0.29) is 23.8 Å². The van der Waals surface area contributed by atoms with E-state index < -0.39 is 28.5 Å². The van der Waals surface area contributed by atoms with E-state index in [0.29, 0.717) is 22.8 Å². The van der Waals surface area contributed by atoms with Gasteiger partial charge in [0, 0.05) is 24.5 Å². The molecule has 4 aromatic carbocycles. The first-order valence-electron chi connectivity index (χ1n) is 15.0. The summed E-state index contributed by atoms with van der Waals surface area (Å²) in [6.07, 6.45) is 0.993. The fraction of sp³-hybridized carbons (Fsp3) is 0.278. The number of halogens is 1. The summed E-state index contributed by atoms with van der Waals surface area (Å²) in [5, 5.41) is 3.42. The van der Waals surface area contributed by atoms with E-state index in [1.54, 1.807) is 37.3 Å². The topological polar surface area (TPSA) is 86.8 Å². The van der Waals surface area contributed by atoms with Crippen LogP contribution in [-0.2, 0) is 32.6 Å². The molecule has 0 bridgehead atoms. The molecule has 1 N–H and O–H groups in total. The van der Waals surface area contributed by atoms with Crippen LogP contribution in [0, 0.1) is 20.8 Å². The number of hydrogen-bond acceptors (Lipinski definition) is 4. The number of benzene rings is 4. The molecular weight excluding hydrogens is 606 g/mol. The zero-order chi connectivity index (χ0) is 32.6. The average Bonchev–Trinajstić information content (AvgIpc) is 3.01. The highest BCUT2D eigenvalue weighted by Crippen LogP contribution is 2.30. The van der Waals surface area contributed by atoms with Crippen LogP contribution in [0.15, 0.2) is 102 Å². The van der Waals surface area contributed by atoms with E-state index in [1.807, 2.05) is 75.4 Å². The maximum Gasteiger partial charge on any atom is 0.264 e. The van der Waals surface area contributed by atoms with Gasteiger partial charge < -0.3 is 10.2 Å². The van der Waals surface area contributed by atoms with Crippen molar-refractivity contribution in [3.05, 3.63) is 130 Å². The van der Waals surface area contributed by atoms with E-state index in [4.69, 9.17) is 11.6 Å². The Morgan fingerprint density at radius 2 is 1.51 bits per heavy atom. The standard InChI is InChI=1S/C36H40ClN3O4S/c1-5-20-38-36(42)34(23-29-11-7-6-8-12-29)39(24-30-13-9-10-27(3)21-30)35(41)25-40(33-19-16-31(37)22-28(33)4)45(43,44)32-17-14-26(2)15-18-32/h6-19,21-22,34H,5,20,23-25H2,1-4H3,(H,38,42)/t34-/m0/s1. The normalized spacial score (nSPS) is 11.9. The summed E-state index contributed by atoms with van der Waals surface area (Å²) >= 11 is 6.24. The van der Waals surface area contributed by atoms with Crippen molar-refractivity contribution >= 4 is 39.1 Å². The summed E-state index contributed by atoms with van der Waals surface area (Å²) < 4.78 is 29.6. The van der Waals surface area contributed by atoms with Crippen molar-refractivity contribution in [3.8, 4) is 0 Å². The molecule has 7 nitrogen and oxygen atoms in total. The van der Waals surface area contributed by atoms with Gasteiger partial charge in [-0.25, -0.2) is 8.42 Å².